The lowest BCUT2D eigenvalue weighted by Crippen LogP contribution is -2.34. The number of anilines is 1. The van der Waals surface area contributed by atoms with Crippen molar-refractivity contribution >= 4 is 29.4 Å². The Hall–Kier alpha value is -2.40. The van der Waals surface area contributed by atoms with Gasteiger partial charge >= 0.3 is 0 Å². The zero-order chi connectivity index (χ0) is 15.9. The van der Waals surface area contributed by atoms with Gasteiger partial charge in [-0.25, -0.2) is 5.43 Å². The summed E-state index contributed by atoms with van der Waals surface area (Å²) in [5, 5.41) is 7.58. The predicted octanol–water partition coefficient (Wildman–Crippen LogP) is 2.99. The topological polar surface area (TPSA) is 66.4 Å². The number of benzene rings is 1. The number of hydrazone groups is 1. The number of halogens is 1. The Kier molecular flexibility index (Phi) is 5.49. The fourth-order valence-electron chi connectivity index (χ4n) is 1.79. The molecule has 0 aliphatic carbocycles. The fourth-order valence-corrected chi connectivity index (χ4v) is 1.98. The second kappa shape index (κ2) is 7.56. The third kappa shape index (κ3) is 4.86. The van der Waals surface area contributed by atoms with Gasteiger partial charge in [0.15, 0.2) is 0 Å². The van der Waals surface area contributed by atoms with E-state index in [1.54, 1.807) is 19.1 Å². The molecule has 1 atom stereocenters. The summed E-state index contributed by atoms with van der Waals surface area (Å²) < 4.78 is 0. The van der Waals surface area contributed by atoms with Crippen molar-refractivity contribution in [3.8, 4) is 0 Å². The van der Waals surface area contributed by atoms with E-state index in [4.69, 9.17) is 11.6 Å². The van der Waals surface area contributed by atoms with Crippen LogP contribution in [0.5, 0.6) is 0 Å². The summed E-state index contributed by atoms with van der Waals surface area (Å²) >= 11 is 5.90. The number of carbonyl (C=O) groups excluding carboxylic acids is 1. The van der Waals surface area contributed by atoms with E-state index < -0.39 is 6.04 Å². The highest BCUT2D eigenvalue weighted by Crippen LogP contribution is 2.15. The van der Waals surface area contributed by atoms with Gasteiger partial charge in [-0.05, 0) is 44.2 Å². The standard InChI is InChI=1S/C16H17ClN4O/c1-11-5-3-8-15(19-11)10-18-21-16(22)12(2)20-14-7-4-6-13(17)9-14/h3-10,12,20H,1-2H3,(H,21,22)/t12-/m0/s1. The first-order valence-electron chi connectivity index (χ1n) is 6.83. The lowest BCUT2D eigenvalue weighted by Gasteiger charge is -2.13. The zero-order valence-electron chi connectivity index (χ0n) is 12.4. The molecule has 1 heterocycles. The number of carbonyl (C=O) groups is 1. The number of pyridine rings is 1. The molecule has 2 N–H and O–H groups in total. The number of rotatable bonds is 5. The van der Waals surface area contributed by atoms with Gasteiger partial charge in [-0.3, -0.25) is 9.78 Å². The number of hydrogen-bond donors (Lipinski definition) is 2. The van der Waals surface area contributed by atoms with Crippen LogP contribution in [0.3, 0.4) is 0 Å². The number of hydrogen-bond acceptors (Lipinski definition) is 4. The van der Waals surface area contributed by atoms with E-state index in [1.807, 2.05) is 37.3 Å². The number of aryl methyl sites for hydroxylation is 1. The van der Waals surface area contributed by atoms with E-state index in [2.05, 4.69) is 20.8 Å². The molecule has 114 valence electrons. The molecule has 1 aromatic carbocycles. The van der Waals surface area contributed by atoms with Crippen molar-refractivity contribution in [1.82, 2.24) is 10.4 Å². The summed E-state index contributed by atoms with van der Waals surface area (Å²) in [7, 11) is 0. The van der Waals surface area contributed by atoms with Crippen LogP contribution in [0.2, 0.25) is 5.02 Å². The first kappa shape index (κ1) is 16.0. The Balaban J connectivity index is 1.89. The van der Waals surface area contributed by atoms with Crippen molar-refractivity contribution in [1.29, 1.82) is 0 Å². The minimum atomic E-state index is -0.443. The quantitative estimate of drug-likeness (QED) is 0.658. The number of amides is 1. The van der Waals surface area contributed by atoms with Gasteiger partial charge in [0.1, 0.15) is 6.04 Å². The summed E-state index contributed by atoms with van der Waals surface area (Å²) in [5.74, 6) is -0.246. The molecule has 1 amide bonds. The molecule has 2 rings (SSSR count). The third-order valence-electron chi connectivity index (χ3n) is 2.88. The monoisotopic (exact) mass is 316 g/mol. The highest BCUT2D eigenvalue weighted by molar-refractivity contribution is 6.30. The van der Waals surface area contributed by atoms with E-state index >= 15 is 0 Å². The Morgan fingerprint density at radius 3 is 2.82 bits per heavy atom. The van der Waals surface area contributed by atoms with Gasteiger partial charge in [-0.1, -0.05) is 23.7 Å². The van der Waals surface area contributed by atoms with E-state index in [9.17, 15) is 4.79 Å². The molecule has 0 spiro atoms. The molecule has 0 bridgehead atoms. The number of aromatic nitrogens is 1. The zero-order valence-corrected chi connectivity index (χ0v) is 13.1. The van der Waals surface area contributed by atoms with E-state index in [0.29, 0.717) is 10.7 Å². The van der Waals surface area contributed by atoms with Crippen LogP contribution in [0.15, 0.2) is 47.6 Å². The van der Waals surface area contributed by atoms with Crippen LogP contribution < -0.4 is 10.7 Å². The maximum Gasteiger partial charge on any atom is 0.262 e. The molecular weight excluding hydrogens is 300 g/mol. The molecule has 0 unspecified atom stereocenters. The highest BCUT2D eigenvalue weighted by atomic mass is 35.5. The van der Waals surface area contributed by atoms with Crippen LogP contribution in [-0.4, -0.2) is 23.1 Å². The largest absolute Gasteiger partial charge is 0.374 e. The number of nitrogens with zero attached hydrogens (tertiary/aromatic N) is 2. The van der Waals surface area contributed by atoms with Crippen molar-refractivity contribution in [3.63, 3.8) is 0 Å². The van der Waals surface area contributed by atoms with Gasteiger partial charge in [0.2, 0.25) is 0 Å². The highest BCUT2D eigenvalue weighted by Gasteiger charge is 2.11. The average Bonchev–Trinajstić information content (AvgIpc) is 2.47. The smallest absolute Gasteiger partial charge is 0.262 e. The third-order valence-corrected chi connectivity index (χ3v) is 3.12. The summed E-state index contributed by atoms with van der Waals surface area (Å²) in [6.07, 6.45) is 1.51. The van der Waals surface area contributed by atoms with Crippen LogP contribution in [0, 0.1) is 6.92 Å². The molecule has 0 aliphatic rings. The molecule has 0 saturated heterocycles. The maximum absolute atomic E-state index is 11.9. The lowest BCUT2D eigenvalue weighted by atomic mass is 10.2. The minimum absolute atomic E-state index is 0.246. The fraction of sp³-hybridized carbons (Fsp3) is 0.188. The van der Waals surface area contributed by atoms with Crippen LogP contribution in [-0.2, 0) is 4.79 Å². The molecule has 0 saturated carbocycles. The van der Waals surface area contributed by atoms with Gasteiger partial charge in [0.05, 0.1) is 11.9 Å². The molecule has 0 aliphatic heterocycles. The van der Waals surface area contributed by atoms with Crippen LogP contribution in [0.1, 0.15) is 18.3 Å². The summed E-state index contributed by atoms with van der Waals surface area (Å²) in [5.41, 5.74) is 4.84. The molecule has 6 heteroatoms. The molecule has 5 nitrogen and oxygen atoms in total. The van der Waals surface area contributed by atoms with Crippen molar-refractivity contribution < 1.29 is 4.79 Å². The normalized spacial score (nSPS) is 12.1. The van der Waals surface area contributed by atoms with Gasteiger partial charge in [0, 0.05) is 16.4 Å². The van der Waals surface area contributed by atoms with Crippen molar-refractivity contribution in [2.24, 2.45) is 5.10 Å². The second-order valence-electron chi connectivity index (χ2n) is 4.81. The van der Waals surface area contributed by atoms with Crippen LogP contribution in [0.4, 0.5) is 5.69 Å². The molecule has 2 aromatic rings. The van der Waals surface area contributed by atoms with Crippen molar-refractivity contribution in [2.45, 2.75) is 19.9 Å². The first-order chi connectivity index (χ1) is 10.5. The molecular formula is C16H17ClN4O. The Labute approximate surface area is 134 Å². The predicted molar refractivity (Wildman–Crippen MR) is 89.2 cm³/mol. The van der Waals surface area contributed by atoms with Gasteiger partial charge < -0.3 is 5.32 Å². The second-order valence-corrected chi connectivity index (χ2v) is 5.25. The van der Waals surface area contributed by atoms with E-state index in [1.165, 1.54) is 6.21 Å². The summed E-state index contributed by atoms with van der Waals surface area (Å²) in [6, 6.07) is 12.3. The minimum Gasteiger partial charge on any atom is -0.374 e. The van der Waals surface area contributed by atoms with Crippen molar-refractivity contribution in [3.05, 3.63) is 58.9 Å². The van der Waals surface area contributed by atoms with Crippen LogP contribution in [0.25, 0.3) is 0 Å². The van der Waals surface area contributed by atoms with E-state index in [0.717, 1.165) is 11.4 Å². The van der Waals surface area contributed by atoms with E-state index in [-0.39, 0.29) is 5.91 Å². The van der Waals surface area contributed by atoms with Crippen molar-refractivity contribution in [2.75, 3.05) is 5.32 Å². The summed E-state index contributed by atoms with van der Waals surface area (Å²) in [6.45, 7) is 3.64. The summed E-state index contributed by atoms with van der Waals surface area (Å²) in [4.78, 5) is 16.2. The Bertz CT molecular complexity index is 687. The van der Waals surface area contributed by atoms with Gasteiger partial charge in [-0.2, -0.15) is 5.10 Å². The van der Waals surface area contributed by atoms with Crippen LogP contribution >= 0.6 is 11.6 Å². The number of nitrogens with one attached hydrogen (secondary N) is 2. The SMILES string of the molecule is Cc1cccc(C=NNC(=O)[C@H](C)Nc2cccc(Cl)c2)n1. The molecule has 0 fully saturated rings. The Morgan fingerprint density at radius 2 is 2.09 bits per heavy atom. The molecule has 22 heavy (non-hydrogen) atoms. The molecule has 1 aromatic heterocycles. The maximum atomic E-state index is 11.9. The first-order valence-corrected chi connectivity index (χ1v) is 7.21. The van der Waals surface area contributed by atoms with Gasteiger partial charge in [0.25, 0.3) is 5.91 Å². The lowest BCUT2D eigenvalue weighted by molar-refractivity contribution is -0.121. The molecule has 0 radical (unpaired) electrons. The van der Waals surface area contributed by atoms with Gasteiger partial charge in [-0.15, -0.1) is 0 Å². The Morgan fingerprint density at radius 1 is 1.32 bits per heavy atom. The average molecular weight is 317 g/mol.